The molecule has 0 fully saturated rings. The van der Waals surface area contributed by atoms with E-state index in [-0.39, 0.29) is 0 Å². The Bertz CT molecular complexity index is 1330. The van der Waals surface area contributed by atoms with Crippen LogP contribution in [0.5, 0.6) is 0 Å². The minimum atomic E-state index is 0.671. The van der Waals surface area contributed by atoms with Crippen LogP contribution in [0, 0.1) is 0 Å². The molecule has 0 saturated heterocycles. The summed E-state index contributed by atoms with van der Waals surface area (Å²) in [6.45, 7) is 2.33. The Hall–Kier alpha value is -3.58. The number of rotatable bonds is 3. The van der Waals surface area contributed by atoms with E-state index in [0.717, 1.165) is 58.4 Å². The summed E-state index contributed by atoms with van der Waals surface area (Å²) in [6, 6.07) is 20.5. The van der Waals surface area contributed by atoms with Gasteiger partial charge in [-0.15, -0.1) is 10.2 Å². The molecule has 7 heteroatoms. The van der Waals surface area contributed by atoms with Gasteiger partial charge < -0.3 is 9.47 Å². The average molecular weight is 411 g/mol. The van der Waals surface area contributed by atoms with E-state index in [9.17, 15) is 0 Å². The fraction of sp³-hybridized carbons (Fsp3) is 0.130. The number of aromatic nitrogens is 5. The highest BCUT2D eigenvalue weighted by molar-refractivity contribution is 7.08. The van der Waals surface area contributed by atoms with Crippen molar-refractivity contribution < 1.29 is 0 Å². The molecular weight excluding hydrogens is 392 g/mol. The zero-order valence-corrected chi connectivity index (χ0v) is 17.0. The van der Waals surface area contributed by atoms with E-state index in [1.54, 1.807) is 11.3 Å². The van der Waals surface area contributed by atoms with Crippen molar-refractivity contribution in [3.8, 4) is 22.8 Å². The third-order valence-electron chi connectivity index (χ3n) is 5.45. The minimum Gasteiger partial charge on any atom is -0.347 e. The number of hydrogen-bond donors (Lipinski definition) is 0. The van der Waals surface area contributed by atoms with Gasteiger partial charge in [0.25, 0.3) is 0 Å². The Morgan fingerprint density at radius 3 is 2.53 bits per heavy atom. The van der Waals surface area contributed by atoms with Gasteiger partial charge >= 0.3 is 0 Å². The first-order valence-corrected chi connectivity index (χ1v) is 10.8. The van der Waals surface area contributed by atoms with Crippen LogP contribution in [0.25, 0.3) is 33.7 Å². The average Bonchev–Trinajstić information content (AvgIpc) is 3.49. The molecule has 0 saturated carbocycles. The zero-order valence-electron chi connectivity index (χ0n) is 16.1. The monoisotopic (exact) mass is 410 g/mol. The summed E-state index contributed by atoms with van der Waals surface area (Å²) in [4.78, 5) is 12.1. The van der Waals surface area contributed by atoms with Crippen LogP contribution in [0.2, 0.25) is 0 Å². The molecule has 0 aliphatic carbocycles. The van der Waals surface area contributed by atoms with Gasteiger partial charge in [-0.1, -0.05) is 42.5 Å². The van der Waals surface area contributed by atoms with Crippen molar-refractivity contribution in [2.24, 2.45) is 0 Å². The van der Waals surface area contributed by atoms with Crippen molar-refractivity contribution in [3.63, 3.8) is 0 Å². The summed E-state index contributed by atoms with van der Waals surface area (Å²) in [7, 11) is 0. The van der Waals surface area contributed by atoms with Gasteiger partial charge in [-0.3, -0.25) is 0 Å². The fourth-order valence-electron chi connectivity index (χ4n) is 3.96. The van der Waals surface area contributed by atoms with E-state index >= 15 is 0 Å². The molecule has 0 amide bonds. The Kier molecular flexibility index (Phi) is 4.06. The van der Waals surface area contributed by atoms with Crippen LogP contribution in [0.3, 0.4) is 0 Å². The van der Waals surface area contributed by atoms with Crippen LogP contribution < -0.4 is 4.90 Å². The summed E-state index contributed by atoms with van der Waals surface area (Å²) in [6.07, 6.45) is 0. The van der Waals surface area contributed by atoms with E-state index < -0.39 is 0 Å². The molecule has 3 aromatic heterocycles. The van der Waals surface area contributed by atoms with E-state index in [4.69, 9.17) is 9.97 Å². The second-order valence-corrected chi connectivity index (χ2v) is 8.06. The van der Waals surface area contributed by atoms with Crippen molar-refractivity contribution in [1.82, 2.24) is 24.7 Å². The fourth-order valence-corrected chi connectivity index (χ4v) is 4.60. The van der Waals surface area contributed by atoms with Crippen molar-refractivity contribution in [3.05, 3.63) is 77.2 Å². The van der Waals surface area contributed by atoms with Crippen molar-refractivity contribution in [1.29, 1.82) is 0 Å². The highest BCUT2D eigenvalue weighted by Crippen LogP contribution is 2.31. The lowest BCUT2D eigenvalue weighted by atomic mass is 10.2. The van der Waals surface area contributed by atoms with Gasteiger partial charge in [0.15, 0.2) is 17.5 Å². The molecule has 6 nitrogen and oxygen atoms in total. The Morgan fingerprint density at radius 2 is 1.67 bits per heavy atom. The molecule has 4 heterocycles. The topological polar surface area (TPSA) is 59.7 Å². The van der Waals surface area contributed by atoms with Gasteiger partial charge in [0, 0.05) is 35.0 Å². The zero-order chi connectivity index (χ0) is 19.9. The number of hydrogen-bond acceptors (Lipinski definition) is 6. The Balaban J connectivity index is 1.42. The lowest BCUT2D eigenvalue weighted by molar-refractivity contribution is 0.561. The van der Waals surface area contributed by atoms with Gasteiger partial charge in [0.1, 0.15) is 5.82 Å². The van der Waals surface area contributed by atoms with E-state index in [0.29, 0.717) is 6.54 Å². The highest BCUT2D eigenvalue weighted by atomic mass is 32.1. The molecule has 30 heavy (non-hydrogen) atoms. The number of fused-ring (bicyclic) bond motifs is 2. The maximum atomic E-state index is 4.97. The molecule has 1 aliphatic rings. The number of thiophene rings is 1. The largest absolute Gasteiger partial charge is 0.347 e. The molecule has 5 aromatic rings. The Morgan fingerprint density at radius 1 is 0.800 bits per heavy atom. The third-order valence-corrected chi connectivity index (χ3v) is 6.13. The van der Waals surface area contributed by atoms with Gasteiger partial charge in [-0.05, 0) is 23.6 Å². The summed E-state index contributed by atoms with van der Waals surface area (Å²) in [5, 5.41) is 14.2. The maximum Gasteiger partial charge on any atom is 0.164 e. The van der Waals surface area contributed by atoms with Gasteiger partial charge in [-0.25, -0.2) is 9.97 Å². The second kappa shape index (κ2) is 7.03. The first-order chi connectivity index (χ1) is 14.9. The maximum absolute atomic E-state index is 4.97. The van der Waals surface area contributed by atoms with Crippen molar-refractivity contribution in [2.75, 3.05) is 11.4 Å². The van der Waals surface area contributed by atoms with E-state index in [1.807, 2.05) is 30.3 Å². The lowest BCUT2D eigenvalue weighted by Gasteiger charge is -2.29. The highest BCUT2D eigenvalue weighted by Gasteiger charge is 2.24. The number of nitrogens with zero attached hydrogens (tertiary/aromatic N) is 6. The number of benzene rings is 2. The first-order valence-electron chi connectivity index (χ1n) is 9.88. The quantitative estimate of drug-likeness (QED) is 0.434. The second-order valence-electron chi connectivity index (χ2n) is 7.28. The first kappa shape index (κ1) is 17.3. The molecule has 0 radical (unpaired) electrons. The summed E-state index contributed by atoms with van der Waals surface area (Å²) in [5.74, 6) is 3.61. The SMILES string of the molecule is c1ccc(-c2nnc3n2CCN(c2nc(-c4ccsc4)nc4ccccc24)C3)cc1. The minimum absolute atomic E-state index is 0.671. The predicted molar refractivity (Wildman–Crippen MR) is 119 cm³/mol. The molecular formula is C23H18N6S. The van der Waals surface area contributed by atoms with Gasteiger partial charge in [0.05, 0.1) is 12.1 Å². The lowest BCUT2D eigenvalue weighted by Crippen LogP contribution is -2.34. The molecule has 1 aliphatic heterocycles. The normalized spacial score (nSPS) is 13.5. The van der Waals surface area contributed by atoms with Gasteiger partial charge in [0.2, 0.25) is 0 Å². The molecule has 0 atom stereocenters. The number of para-hydroxylation sites is 1. The molecule has 146 valence electrons. The van der Waals surface area contributed by atoms with Crippen molar-refractivity contribution >= 4 is 28.1 Å². The van der Waals surface area contributed by atoms with Crippen LogP contribution in [0.15, 0.2) is 71.4 Å². The Labute approximate surface area is 177 Å². The summed E-state index contributed by atoms with van der Waals surface area (Å²) in [5.41, 5.74) is 3.11. The number of anilines is 1. The summed E-state index contributed by atoms with van der Waals surface area (Å²) < 4.78 is 2.22. The van der Waals surface area contributed by atoms with Crippen LogP contribution in [0.1, 0.15) is 5.82 Å². The van der Waals surface area contributed by atoms with Crippen LogP contribution in [-0.4, -0.2) is 31.3 Å². The molecule has 0 spiro atoms. The molecule has 0 bridgehead atoms. The van der Waals surface area contributed by atoms with E-state index in [2.05, 4.69) is 60.8 Å². The van der Waals surface area contributed by atoms with Crippen LogP contribution in [-0.2, 0) is 13.1 Å². The van der Waals surface area contributed by atoms with Crippen LogP contribution in [0.4, 0.5) is 5.82 Å². The molecule has 0 unspecified atom stereocenters. The standard InChI is InChI=1S/C23H18N6S/c1-2-6-16(7-3-1)22-27-26-20-14-28(11-12-29(20)22)23-18-8-4-5-9-19(18)24-21(25-23)17-10-13-30-15-17/h1-10,13,15H,11-12,14H2. The predicted octanol–water partition coefficient (Wildman–Crippen LogP) is 4.64. The molecule has 6 rings (SSSR count). The van der Waals surface area contributed by atoms with Crippen molar-refractivity contribution in [2.45, 2.75) is 13.1 Å². The molecule has 0 N–H and O–H groups in total. The van der Waals surface area contributed by atoms with E-state index in [1.165, 1.54) is 0 Å². The summed E-state index contributed by atoms with van der Waals surface area (Å²) >= 11 is 1.66. The van der Waals surface area contributed by atoms with Gasteiger partial charge in [-0.2, -0.15) is 11.3 Å². The third kappa shape index (κ3) is 2.86. The smallest absolute Gasteiger partial charge is 0.164 e. The molecule has 2 aromatic carbocycles. The van der Waals surface area contributed by atoms with Crippen LogP contribution >= 0.6 is 11.3 Å².